The Bertz CT molecular complexity index is 1280. The van der Waals surface area contributed by atoms with Crippen LogP contribution in [-0.4, -0.2) is 33.3 Å². The molecule has 31 heavy (non-hydrogen) atoms. The van der Waals surface area contributed by atoms with Crippen molar-refractivity contribution in [2.75, 3.05) is 11.9 Å². The quantitative estimate of drug-likeness (QED) is 0.458. The number of amides is 1. The highest BCUT2D eigenvalue weighted by atomic mass is 16.2. The first-order valence-corrected chi connectivity index (χ1v) is 10.4. The minimum Gasteiger partial charge on any atom is -0.315 e. The van der Waals surface area contributed by atoms with Crippen LogP contribution < -0.4 is 4.90 Å². The van der Waals surface area contributed by atoms with Gasteiger partial charge >= 0.3 is 0 Å². The Morgan fingerprint density at radius 3 is 2.58 bits per heavy atom. The van der Waals surface area contributed by atoms with Crippen LogP contribution in [0.2, 0.25) is 0 Å². The molecule has 5 rings (SSSR count). The van der Waals surface area contributed by atoms with Crippen molar-refractivity contribution in [1.82, 2.24) is 14.6 Å². The van der Waals surface area contributed by atoms with Gasteiger partial charge < -0.3 is 4.90 Å². The highest BCUT2D eigenvalue weighted by Crippen LogP contribution is 2.31. The summed E-state index contributed by atoms with van der Waals surface area (Å²) < 4.78 is 1.68. The zero-order chi connectivity index (χ0) is 21.4. The van der Waals surface area contributed by atoms with Gasteiger partial charge in [-0.05, 0) is 31.0 Å². The lowest BCUT2D eigenvalue weighted by molar-refractivity contribution is -0.124. The SMILES string of the molecule is CN(C(=O)C1CCC1)c1cccc(-c2ccnc3c(C(=O)c4ccccc4)cnn23)c1. The number of aromatic nitrogens is 3. The largest absolute Gasteiger partial charge is 0.315 e. The van der Waals surface area contributed by atoms with Crippen LogP contribution in [0.4, 0.5) is 5.69 Å². The fourth-order valence-electron chi connectivity index (χ4n) is 3.95. The second-order valence-corrected chi connectivity index (χ2v) is 7.89. The Balaban J connectivity index is 1.52. The third kappa shape index (κ3) is 3.40. The predicted octanol–water partition coefficient (Wildman–Crippen LogP) is 4.39. The normalized spacial score (nSPS) is 13.7. The molecular weight excluding hydrogens is 388 g/mol. The number of ketones is 1. The zero-order valence-electron chi connectivity index (χ0n) is 17.2. The summed E-state index contributed by atoms with van der Waals surface area (Å²) >= 11 is 0. The molecule has 0 N–H and O–H groups in total. The maximum atomic E-state index is 12.9. The van der Waals surface area contributed by atoms with Crippen molar-refractivity contribution < 1.29 is 9.59 Å². The van der Waals surface area contributed by atoms with Crippen molar-refractivity contribution in [3.8, 4) is 11.3 Å². The van der Waals surface area contributed by atoms with Crippen molar-refractivity contribution in [2.45, 2.75) is 19.3 Å². The van der Waals surface area contributed by atoms with Gasteiger partial charge in [-0.1, -0.05) is 48.9 Å². The van der Waals surface area contributed by atoms with Gasteiger partial charge in [-0.15, -0.1) is 0 Å². The summed E-state index contributed by atoms with van der Waals surface area (Å²) in [5.74, 6) is 0.192. The molecule has 6 nitrogen and oxygen atoms in total. The molecule has 1 fully saturated rings. The molecule has 1 amide bonds. The highest BCUT2D eigenvalue weighted by Gasteiger charge is 2.28. The first-order valence-electron chi connectivity index (χ1n) is 10.4. The molecule has 4 aromatic rings. The van der Waals surface area contributed by atoms with Crippen LogP contribution >= 0.6 is 0 Å². The van der Waals surface area contributed by atoms with Gasteiger partial charge in [0.1, 0.15) is 0 Å². The van der Waals surface area contributed by atoms with Gasteiger partial charge in [-0.3, -0.25) is 9.59 Å². The summed E-state index contributed by atoms with van der Waals surface area (Å²) in [6, 6.07) is 18.8. The van der Waals surface area contributed by atoms with E-state index in [9.17, 15) is 9.59 Å². The minimum absolute atomic E-state index is 0.111. The third-order valence-electron chi connectivity index (χ3n) is 6.00. The molecule has 2 heterocycles. The van der Waals surface area contributed by atoms with Gasteiger partial charge in [0.2, 0.25) is 5.91 Å². The van der Waals surface area contributed by atoms with Crippen LogP contribution in [0.15, 0.2) is 73.1 Å². The number of hydrogen-bond donors (Lipinski definition) is 0. The molecule has 154 valence electrons. The number of nitrogens with zero attached hydrogens (tertiary/aromatic N) is 4. The molecule has 2 aromatic carbocycles. The number of anilines is 1. The first kappa shape index (κ1) is 19.2. The molecule has 0 unspecified atom stereocenters. The summed E-state index contributed by atoms with van der Waals surface area (Å²) in [4.78, 5) is 31.8. The third-order valence-corrected chi connectivity index (χ3v) is 6.00. The summed E-state index contributed by atoms with van der Waals surface area (Å²) in [6.45, 7) is 0. The number of carbonyl (C=O) groups excluding carboxylic acids is 2. The summed E-state index contributed by atoms with van der Waals surface area (Å²) in [5, 5.41) is 4.45. The Morgan fingerprint density at radius 1 is 1.03 bits per heavy atom. The number of fused-ring (bicyclic) bond motifs is 1. The van der Waals surface area contributed by atoms with E-state index in [4.69, 9.17) is 0 Å². The molecule has 0 bridgehead atoms. The van der Waals surface area contributed by atoms with Gasteiger partial charge in [0.15, 0.2) is 11.4 Å². The van der Waals surface area contributed by atoms with E-state index < -0.39 is 0 Å². The summed E-state index contributed by atoms with van der Waals surface area (Å²) in [6.07, 6.45) is 6.32. The lowest BCUT2D eigenvalue weighted by atomic mass is 9.84. The van der Waals surface area contributed by atoms with E-state index in [1.165, 1.54) is 0 Å². The number of rotatable bonds is 5. The molecule has 6 heteroatoms. The monoisotopic (exact) mass is 410 g/mol. The predicted molar refractivity (Wildman–Crippen MR) is 119 cm³/mol. The van der Waals surface area contributed by atoms with E-state index in [0.717, 1.165) is 36.2 Å². The second-order valence-electron chi connectivity index (χ2n) is 7.89. The van der Waals surface area contributed by atoms with Crippen LogP contribution in [0.3, 0.4) is 0 Å². The Labute approximate surface area is 180 Å². The van der Waals surface area contributed by atoms with E-state index in [0.29, 0.717) is 16.8 Å². The summed E-state index contributed by atoms with van der Waals surface area (Å²) in [7, 11) is 1.83. The first-order chi connectivity index (χ1) is 15.1. The number of benzene rings is 2. The topological polar surface area (TPSA) is 67.6 Å². The Kier molecular flexibility index (Phi) is 4.82. The van der Waals surface area contributed by atoms with E-state index in [1.54, 1.807) is 33.9 Å². The Hall–Kier alpha value is -3.80. The maximum Gasteiger partial charge on any atom is 0.229 e. The average molecular weight is 410 g/mol. The molecule has 0 atom stereocenters. The molecule has 1 aliphatic carbocycles. The van der Waals surface area contributed by atoms with Crippen molar-refractivity contribution in [3.63, 3.8) is 0 Å². The van der Waals surface area contributed by atoms with E-state index in [1.807, 2.05) is 55.6 Å². The fourth-order valence-corrected chi connectivity index (χ4v) is 3.95. The van der Waals surface area contributed by atoms with Gasteiger partial charge in [-0.2, -0.15) is 5.10 Å². The molecule has 0 spiro atoms. The maximum absolute atomic E-state index is 12.9. The molecule has 2 aromatic heterocycles. The van der Waals surface area contributed by atoms with Gasteiger partial charge in [-0.25, -0.2) is 9.50 Å². The summed E-state index contributed by atoms with van der Waals surface area (Å²) in [5.41, 5.74) is 4.12. The van der Waals surface area contributed by atoms with Gasteiger partial charge in [0.25, 0.3) is 0 Å². The average Bonchev–Trinajstić information content (AvgIpc) is 3.22. The molecule has 0 radical (unpaired) electrons. The van der Waals surface area contributed by atoms with E-state index in [2.05, 4.69) is 10.1 Å². The zero-order valence-corrected chi connectivity index (χ0v) is 17.2. The van der Waals surface area contributed by atoms with E-state index in [-0.39, 0.29) is 17.6 Å². The van der Waals surface area contributed by atoms with Crippen molar-refractivity contribution in [3.05, 3.63) is 84.2 Å². The lowest BCUT2D eigenvalue weighted by Crippen LogP contribution is -2.36. The van der Waals surface area contributed by atoms with Gasteiger partial charge in [0.05, 0.1) is 17.5 Å². The highest BCUT2D eigenvalue weighted by molar-refractivity contribution is 6.12. The molecule has 1 saturated carbocycles. The van der Waals surface area contributed by atoms with Crippen molar-refractivity contribution in [1.29, 1.82) is 0 Å². The standard InChI is InChI=1S/C25H22N4O2/c1-28(25(31)18-9-5-10-18)20-12-6-11-19(15-20)22-13-14-26-24-21(16-27-29(22)24)23(30)17-7-3-2-4-8-17/h2-4,6-8,11-16,18H,5,9-10H2,1H3. The van der Waals surface area contributed by atoms with Crippen LogP contribution in [0, 0.1) is 5.92 Å². The van der Waals surface area contributed by atoms with Gasteiger partial charge in [0, 0.05) is 36.0 Å². The number of hydrogen-bond acceptors (Lipinski definition) is 4. The van der Waals surface area contributed by atoms with Crippen molar-refractivity contribution in [2.24, 2.45) is 5.92 Å². The lowest BCUT2D eigenvalue weighted by Gasteiger charge is -2.29. The molecule has 0 saturated heterocycles. The number of carbonyl (C=O) groups is 2. The molecular formula is C25H22N4O2. The van der Waals surface area contributed by atoms with Crippen LogP contribution in [0.1, 0.15) is 35.2 Å². The van der Waals surface area contributed by atoms with E-state index >= 15 is 0 Å². The van der Waals surface area contributed by atoms with Crippen LogP contribution in [0.5, 0.6) is 0 Å². The Morgan fingerprint density at radius 2 is 1.84 bits per heavy atom. The minimum atomic E-state index is -0.111. The second kappa shape index (κ2) is 7.80. The fraction of sp³-hybridized carbons (Fsp3) is 0.200. The van der Waals surface area contributed by atoms with Crippen LogP contribution in [-0.2, 0) is 4.79 Å². The molecule has 0 aliphatic heterocycles. The van der Waals surface area contributed by atoms with Crippen LogP contribution in [0.25, 0.3) is 16.9 Å². The van der Waals surface area contributed by atoms with Crippen molar-refractivity contribution >= 4 is 23.0 Å². The molecule has 1 aliphatic rings. The smallest absolute Gasteiger partial charge is 0.229 e.